The van der Waals surface area contributed by atoms with Crippen LogP contribution >= 0.6 is 15.9 Å². The van der Waals surface area contributed by atoms with E-state index in [0.717, 1.165) is 4.47 Å². The first-order valence-corrected chi connectivity index (χ1v) is 8.24. The average molecular weight is 406 g/mol. The largest absolute Gasteiger partial charge is 0.456 e. The van der Waals surface area contributed by atoms with E-state index in [-0.39, 0.29) is 5.78 Å². The van der Waals surface area contributed by atoms with Crippen LogP contribution in [0.3, 0.4) is 0 Å². The number of rotatable bonds is 6. The van der Waals surface area contributed by atoms with Crippen molar-refractivity contribution in [3.05, 3.63) is 64.6 Å². The van der Waals surface area contributed by atoms with Gasteiger partial charge in [-0.3, -0.25) is 4.79 Å². The van der Waals surface area contributed by atoms with Crippen molar-refractivity contribution in [2.45, 2.75) is 13.0 Å². The van der Waals surface area contributed by atoms with E-state index in [1.54, 1.807) is 54.6 Å². The second kappa shape index (κ2) is 8.98. The monoisotopic (exact) mass is 405 g/mol. The maximum atomic E-state index is 11.9. The minimum absolute atomic E-state index is 0.333. The van der Waals surface area contributed by atoms with Crippen molar-refractivity contribution >= 4 is 33.8 Å². The fourth-order valence-corrected chi connectivity index (χ4v) is 2.11. The lowest BCUT2D eigenvalue weighted by atomic mass is 10.1. The Labute approximate surface area is 153 Å². The molecule has 0 radical (unpaired) electrons. The van der Waals surface area contributed by atoms with Gasteiger partial charge in [0.15, 0.2) is 12.4 Å². The number of carbonyl (C=O) groups is 3. The van der Waals surface area contributed by atoms with Crippen molar-refractivity contribution in [3.63, 3.8) is 0 Å². The zero-order valence-electron chi connectivity index (χ0n) is 13.4. The van der Waals surface area contributed by atoms with E-state index < -0.39 is 24.7 Å². The fourth-order valence-electron chi connectivity index (χ4n) is 1.84. The summed E-state index contributed by atoms with van der Waals surface area (Å²) in [6, 6.07) is 14.2. The van der Waals surface area contributed by atoms with Crippen molar-refractivity contribution in [2.75, 3.05) is 6.61 Å². The third kappa shape index (κ3) is 6.04. The second-order valence-electron chi connectivity index (χ2n) is 5.11. The Balaban J connectivity index is 1.78. The minimum Gasteiger partial charge on any atom is -0.456 e. The summed E-state index contributed by atoms with van der Waals surface area (Å²) in [7, 11) is 0. The van der Waals surface area contributed by atoms with Crippen LogP contribution in [0, 0.1) is 0 Å². The van der Waals surface area contributed by atoms with E-state index in [0.29, 0.717) is 11.3 Å². The summed E-state index contributed by atoms with van der Waals surface area (Å²) in [6.45, 7) is 1.04. The standard InChI is InChI=1S/C18H16BrNO5/c1-12(20-18(23)25-15-5-3-2-4-6-15)17(22)24-11-16(21)13-7-9-14(19)10-8-13/h2-10,12H,11H2,1H3,(H,20,23)/t12-/m0/s1. The molecule has 1 N–H and O–H groups in total. The Morgan fingerprint density at radius 3 is 2.32 bits per heavy atom. The quantitative estimate of drug-likeness (QED) is 0.588. The Hall–Kier alpha value is -2.67. The Bertz CT molecular complexity index is 746. The van der Waals surface area contributed by atoms with Gasteiger partial charge in [0.05, 0.1) is 0 Å². The van der Waals surface area contributed by atoms with E-state index in [4.69, 9.17) is 9.47 Å². The fraction of sp³-hybridized carbons (Fsp3) is 0.167. The molecule has 1 amide bonds. The normalized spacial score (nSPS) is 11.3. The third-order valence-corrected chi connectivity index (χ3v) is 3.68. The number of para-hydroxylation sites is 1. The molecule has 0 aliphatic heterocycles. The van der Waals surface area contributed by atoms with Crippen LogP contribution in [0.15, 0.2) is 59.1 Å². The molecule has 0 unspecified atom stereocenters. The number of ketones is 1. The van der Waals surface area contributed by atoms with E-state index in [1.807, 2.05) is 0 Å². The number of amides is 1. The van der Waals surface area contributed by atoms with E-state index in [9.17, 15) is 14.4 Å². The van der Waals surface area contributed by atoms with Gasteiger partial charge in [-0.15, -0.1) is 0 Å². The number of hydrogen-bond donors (Lipinski definition) is 1. The van der Waals surface area contributed by atoms with E-state index in [2.05, 4.69) is 21.2 Å². The minimum atomic E-state index is -0.950. The number of carbonyl (C=O) groups excluding carboxylic acids is 3. The van der Waals surface area contributed by atoms with Crippen LogP contribution in [0.4, 0.5) is 4.79 Å². The summed E-state index contributed by atoms with van der Waals surface area (Å²) in [5.74, 6) is -0.707. The molecule has 6 nitrogen and oxygen atoms in total. The Morgan fingerprint density at radius 1 is 1.04 bits per heavy atom. The van der Waals surface area contributed by atoms with Crippen LogP contribution in [0.2, 0.25) is 0 Å². The lowest BCUT2D eigenvalue weighted by molar-refractivity contribution is -0.144. The highest BCUT2D eigenvalue weighted by Crippen LogP contribution is 2.11. The molecule has 2 aromatic carbocycles. The topological polar surface area (TPSA) is 81.7 Å². The van der Waals surface area contributed by atoms with E-state index in [1.165, 1.54) is 6.92 Å². The first kappa shape index (κ1) is 18.7. The molecule has 2 rings (SSSR count). The van der Waals surface area contributed by atoms with Crippen LogP contribution < -0.4 is 10.1 Å². The van der Waals surface area contributed by atoms with Crippen LogP contribution in [0.5, 0.6) is 5.75 Å². The summed E-state index contributed by atoms with van der Waals surface area (Å²) in [5.41, 5.74) is 0.431. The number of nitrogens with one attached hydrogen (secondary N) is 1. The number of hydrogen-bond acceptors (Lipinski definition) is 5. The molecule has 0 saturated heterocycles. The molecule has 0 heterocycles. The van der Waals surface area contributed by atoms with Crippen molar-refractivity contribution in [3.8, 4) is 5.75 Å². The predicted octanol–water partition coefficient (Wildman–Crippen LogP) is 3.35. The molecule has 0 aliphatic rings. The van der Waals surface area contributed by atoms with Gasteiger partial charge in [-0.25, -0.2) is 9.59 Å². The highest BCUT2D eigenvalue weighted by molar-refractivity contribution is 9.10. The molecule has 25 heavy (non-hydrogen) atoms. The van der Waals surface area contributed by atoms with Gasteiger partial charge in [0.1, 0.15) is 11.8 Å². The summed E-state index contributed by atoms with van der Waals surface area (Å²) >= 11 is 3.27. The molecule has 0 aliphatic carbocycles. The van der Waals surface area contributed by atoms with Crippen LogP contribution in [-0.4, -0.2) is 30.5 Å². The smallest absolute Gasteiger partial charge is 0.413 e. The highest BCUT2D eigenvalue weighted by atomic mass is 79.9. The maximum absolute atomic E-state index is 11.9. The first-order chi connectivity index (χ1) is 12.0. The van der Waals surface area contributed by atoms with E-state index >= 15 is 0 Å². The Kier molecular flexibility index (Phi) is 6.71. The lowest BCUT2D eigenvalue weighted by Crippen LogP contribution is -2.41. The van der Waals surface area contributed by atoms with Crippen molar-refractivity contribution in [1.82, 2.24) is 5.32 Å². The van der Waals surface area contributed by atoms with Gasteiger partial charge >= 0.3 is 12.1 Å². The maximum Gasteiger partial charge on any atom is 0.413 e. The molecule has 0 bridgehead atoms. The van der Waals surface area contributed by atoms with Crippen molar-refractivity contribution < 1.29 is 23.9 Å². The SMILES string of the molecule is C[C@H](NC(=O)Oc1ccccc1)C(=O)OCC(=O)c1ccc(Br)cc1. The van der Waals surface area contributed by atoms with Gasteiger partial charge in [-0.2, -0.15) is 0 Å². The van der Waals surface area contributed by atoms with Gasteiger partial charge < -0.3 is 14.8 Å². The van der Waals surface area contributed by atoms with Gasteiger partial charge in [-0.05, 0) is 31.2 Å². The molecule has 1 atom stereocenters. The summed E-state index contributed by atoms with van der Waals surface area (Å²) in [4.78, 5) is 35.5. The predicted molar refractivity (Wildman–Crippen MR) is 94.5 cm³/mol. The molecule has 0 fully saturated rings. The van der Waals surface area contributed by atoms with Crippen molar-refractivity contribution in [1.29, 1.82) is 0 Å². The van der Waals surface area contributed by atoms with Crippen LogP contribution in [-0.2, 0) is 9.53 Å². The van der Waals surface area contributed by atoms with Crippen LogP contribution in [0.1, 0.15) is 17.3 Å². The molecular weight excluding hydrogens is 390 g/mol. The lowest BCUT2D eigenvalue weighted by Gasteiger charge is -2.13. The number of esters is 1. The number of Topliss-reactive ketones (excluding diaryl/α,β-unsaturated/α-hetero) is 1. The molecule has 0 saturated carbocycles. The van der Waals surface area contributed by atoms with Crippen molar-refractivity contribution in [2.24, 2.45) is 0 Å². The highest BCUT2D eigenvalue weighted by Gasteiger charge is 2.19. The molecule has 0 spiro atoms. The average Bonchev–Trinajstić information content (AvgIpc) is 2.60. The zero-order valence-corrected chi connectivity index (χ0v) is 15.0. The Morgan fingerprint density at radius 2 is 1.68 bits per heavy atom. The molecular formula is C18H16BrNO5. The number of benzene rings is 2. The van der Waals surface area contributed by atoms with Gasteiger partial charge in [0.2, 0.25) is 0 Å². The van der Waals surface area contributed by atoms with Gasteiger partial charge in [-0.1, -0.05) is 46.3 Å². The third-order valence-electron chi connectivity index (χ3n) is 3.15. The van der Waals surface area contributed by atoms with Crippen LogP contribution in [0.25, 0.3) is 0 Å². The molecule has 130 valence electrons. The summed E-state index contributed by atoms with van der Waals surface area (Å²) < 4.78 is 10.8. The molecule has 7 heteroatoms. The first-order valence-electron chi connectivity index (χ1n) is 7.44. The van der Waals surface area contributed by atoms with Gasteiger partial charge in [0.25, 0.3) is 0 Å². The van der Waals surface area contributed by atoms with Gasteiger partial charge in [0, 0.05) is 10.0 Å². The zero-order chi connectivity index (χ0) is 18.2. The summed E-state index contributed by atoms with van der Waals surface area (Å²) in [5, 5.41) is 2.35. The summed E-state index contributed by atoms with van der Waals surface area (Å²) in [6.07, 6.45) is -0.783. The molecule has 0 aromatic heterocycles. The number of ether oxygens (including phenoxy) is 2. The number of halogens is 1. The second-order valence-corrected chi connectivity index (χ2v) is 6.02. The molecule has 2 aromatic rings.